The van der Waals surface area contributed by atoms with Crippen molar-refractivity contribution in [3.63, 3.8) is 0 Å². The standard InChI is InChI=1S/C26H40N6O6.2ClH/c27-25(37)31-13-19-11-17(5-7-21(19)33)23(35)15-29-9-3-1-2-4-10-30-16-24(36)18-6-8-22(34)20(12-18)14-32-26(28)38;;/h5-8,11-12,23-24,29-30,33-36H,1-4,9-10,13-16H2,(H3,27,31,37)(H3,28,32,38);2*1H. The van der Waals surface area contributed by atoms with Gasteiger partial charge >= 0.3 is 12.1 Å². The number of carbonyl (C=O) groups is 2. The van der Waals surface area contributed by atoms with Crippen LogP contribution in [-0.4, -0.2) is 58.7 Å². The normalized spacial score (nSPS) is 11.9. The largest absolute Gasteiger partial charge is 0.508 e. The molecule has 0 spiro atoms. The van der Waals surface area contributed by atoms with Gasteiger partial charge in [-0.3, -0.25) is 0 Å². The fraction of sp³-hybridized carbons (Fsp3) is 0.462. The molecule has 2 atom stereocenters. The summed E-state index contributed by atoms with van der Waals surface area (Å²) in [6.45, 7) is 2.40. The van der Waals surface area contributed by atoms with Gasteiger partial charge in [0.05, 0.1) is 12.2 Å². The lowest BCUT2D eigenvalue weighted by Gasteiger charge is -2.15. The predicted octanol–water partition coefficient (Wildman–Crippen LogP) is 1.78. The van der Waals surface area contributed by atoms with E-state index in [-0.39, 0.29) is 49.4 Å². The van der Waals surface area contributed by atoms with Crippen molar-refractivity contribution in [1.82, 2.24) is 21.3 Å². The summed E-state index contributed by atoms with van der Waals surface area (Å²) in [7, 11) is 0. The number of aliphatic hydroxyl groups is 2. The van der Waals surface area contributed by atoms with Gasteiger partial charge in [0.25, 0.3) is 0 Å². The monoisotopic (exact) mass is 604 g/mol. The van der Waals surface area contributed by atoms with E-state index in [1.165, 1.54) is 12.1 Å². The second kappa shape index (κ2) is 20.0. The Morgan fingerprint density at radius 3 is 1.40 bits per heavy atom. The van der Waals surface area contributed by atoms with Crippen LogP contribution in [0.1, 0.15) is 60.1 Å². The third-order valence-corrected chi connectivity index (χ3v) is 6.02. The van der Waals surface area contributed by atoms with Crippen LogP contribution in [0.4, 0.5) is 9.59 Å². The van der Waals surface area contributed by atoms with E-state index in [0.29, 0.717) is 35.3 Å². The Balaban J connectivity index is 0.00000760. The smallest absolute Gasteiger partial charge is 0.312 e. The number of nitrogens with two attached hydrogens (primary N) is 2. The third kappa shape index (κ3) is 13.9. The lowest BCUT2D eigenvalue weighted by molar-refractivity contribution is 0.173. The zero-order valence-electron chi connectivity index (χ0n) is 22.3. The highest BCUT2D eigenvalue weighted by Gasteiger charge is 2.12. The first-order valence-electron chi connectivity index (χ1n) is 12.6. The van der Waals surface area contributed by atoms with Crippen LogP contribution < -0.4 is 32.7 Å². The summed E-state index contributed by atoms with van der Waals surface area (Å²) in [4.78, 5) is 21.8. The number of urea groups is 2. The van der Waals surface area contributed by atoms with Gasteiger partial charge in [-0.1, -0.05) is 25.0 Å². The quantitative estimate of drug-likeness (QED) is 0.120. The Kier molecular flexibility index (Phi) is 18.5. The Hall–Kier alpha value is -3.00. The molecule has 2 rings (SSSR count). The van der Waals surface area contributed by atoms with Gasteiger partial charge in [-0.15, -0.1) is 24.8 Å². The van der Waals surface area contributed by atoms with E-state index in [1.807, 2.05) is 0 Å². The zero-order chi connectivity index (χ0) is 27.9. The number of aliphatic hydroxyl groups excluding tert-OH is 2. The molecule has 4 amide bonds. The summed E-state index contributed by atoms with van der Waals surface area (Å²) >= 11 is 0. The predicted molar refractivity (Wildman–Crippen MR) is 158 cm³/mol. The molecule has 0 aliphatic carbocycles. The number of unbranched alkanes of at least 4 members (excludes halogenated alkanes) is 3. The molecule has 12 N–H and O–H groups in total. The van der Waals surface area contributed by atoms with Crippen LogP contribution in [-0.2, 0) is 13.1 Å². The number of primary amides is 2. The van der Waals surface area contributed by atoms with Crippen LogP contribution in [0.5, 0.6) is 11.5 Å². The van der Waals surface area contributed by atoms with Gasteiger partial charge in [-0.05, 0) is 61.3 Å². The fourth-order valence-electron chi connectivity index (χ4n) is 3.84. The molecule has 0 aromatic heterocycles. The van der Waals surface area contributed by atoms with Crippen LogP contribution in [0.25, 0.3) is 0 Å². The molecule has 226 valence electrons. The summed E-state index contributed by atoms with van der Waals surface area (Å²) in [6.07, 6.45) is 2.45. The van der Waals surface area contributed by atoms with Gasteiger partial charge in [-0.2, -0.15) is 0 Å². The fourth-order valence-corrected chi connectivity index (χ4v) is 3.84. The van der Waals surface area contributed by atoms with Gasteiger partial charge in [0.2, 0.25) is 0 Å². The number of rotatable bonds is 17. The minimum atomic E-state index is -0.748. The van der Waals surface area contributed by atoms with Crippen molar-refractivity contribution in [3.8, 4) is 11.5 Å². The van der Waals surface area contributed by atoms with Crippen molar-refractivity contribution in [3.05, 3.63) is 58.7 Å². The van der Waals surface area contributed by atoms with Crippen LogP contribution >= 0.6 is 24.8 Å². The summed E-state index contributed by atoms with van der Waals surface area (Å²) in [5.74, 6) is 0.0477. The molecule has 2 aromatic rings. The number of hydrogen-bond donors (Lipinski definition) is 10. The minimum Gasteiger partial charge on any atom is -0.508 e. The second-order valence-corrected chi connectivity index (χ2v) is 9.07. The number of amides is 4. The molecular weight excluding hydrogens is 563 g/mol. The molecule has 0 aliphatic rings. The number of hydrogen-bond acceptors (Lipinski definition) is 8. The van der Waals surface area contributed by atoms with Crippen LogP contribution in [0.3, 0.4) is 0 Å². The Morgan fingerprint density at radius 2 is 1.05 bits per heavy atom. The van der Waals surface area contributed by atoms with Crippen molar-refractivity contribution in [2.75, 3.05) is 26.2 Å². The molecule has 2 unspecified atom stereocenters. The molecule has 0 bridgehead atoms. The minimum absolute atomic E-state index is 0. The van der Waals surface area contributed by atoms with Crippen molar-refractivity contribution in [1.29, 1.82) is 0 Å². The van der Waals surface area contributed by atoms with E-state index in [2.05, 4.69) is 21.3 Å². The van der Waals surface area contributed by atoms with E-state index in [9.17, 15) is 30.0 Å². The maximum atomic E-state index is 10.9. The zero-order valence-corrected chi connectivity index (χ0v) is 23.9. The molecule has 0 aliphatic heterocycles. The maximum Gasteiger partial charge on any atom is 0.312 e. The van der Waals surface area contributed by atoms with Gasteiger partial charge < -0.3 is 53.2 Å². The van der Waals surface area contributed by atoms with Crippen molar-refractivity contribution >= 4 is 36.9 Å². The first-order chi connectivity index (χ1) is 18.2. The highest BCUT2D eigenvalue weighted by atomic mass is 35.5. The number of carbonyl (C=O) groups excluding carboxylic acids is 2. The molecule has 0 heterocycles. The average molecular weight is 606 g/mol. The second-order valence-electron chi connectivity index (χ2n) is 9.07. The van der Waals surface area contributed by atoms with Gasteiger partial charge in [0.15, 0.2) is 0 Å². The molecule has 2 aromatic carbocycles. The van der Waals surface area contributed by atoms with Crippen molar-refractivity contribution < 1.29 is 30.0 Å². The SMILES string of the molecule is Cl.Cl.NC(=O)NCc1cc(C(O)CNCCCCCCNCC(O)c2ccc(O)c(CNC(N)=O)c2)ccc1O. The van der Waals surface area contributed by atoms with E-state index in [4.69, 9.17) is 11.5 Å². The number of phenolic OH excluding ortho intramolecular Hbond substituents is 2. The lowest BCUT2D eigenvalue weighted by atomic mass is 10.0. The van der Waals surface area contributed by atoms with Gasteiger partial charge in [-0.25, -0.2) is 9.59 Å². The summed E-state index contributed by atoms with van der Waals surface area (Å²) in [5, 5.41) is 51.9. The molecule has 14 heteroatoms. The maximum absolute atomic E-state index is 10.9. The van der Waals surface area contributed by atoms with Crippen LogP contribution in [0, 0.1) is 0 Å². The summed E-state index contributed by atoms with van der Waals surface area (Å²) < 4.78 is 0. The van der Waals surface area contributed by atoms with Crippen LogP contribution in [0.2, 0.25) is 0 Å². The Morgan fingerprint density at radius 1 is 0.675 bits per heavy atom. The molecule has 12 nitrogen and oxygen atoms in total. The third-order valence-electron chi connectivity index (χ3n) is 6.02. The Labute approximate surface area is 246 Å². The average Bonchev–Trinajstić information content (AvgIpc) is 2.88. The summed E-state index contributed by atoms with van der Waals surface area (Å²) in [5.41, 5.74) is 12.3. The molecular formula is C26H42Cl2N6O6. The number of benzene rings is 2. The highest BCUT2D eigenvalue weighted by Crippen LogP contribution is 2.23. The number of halogens is 2. The topological polar surface area (TPSA) is 215 Å². The van der Waals surface area contributed by atoms with E-state index >= 15 is 0 Å². The molecule has 0 saturated carbocycles. The molecule has 0 radical (unpaired) electrons. The molecule has 0 fully saturated rings. The summed E-state index contributed by atoms with van der Waals surface area (Å²) in [6, 6.07) is 8.15. The highest BCUT2D eigenvalue weighted by molar-refractivity contribution is 5.85. The first-order valence-corrected chi connectivity index (χ1v) is 12.6. The lowest BCUT2D eigenvalue weighted by Crippen LogP contribution is -2.28. The molecule has 40 heavy (non-hydrogen) atoms. The van der Waals surface area contributed by atoms with E-state index < -0.39 is 24.3 Å². The molecule has 0 saturated heterocycles. The van der Waals surface area contributed by atoms with E-state index in [1.54, 1.807) is 24.3 Å². The number of nitrogens with one attached hydrogen (secondary N) is 4. The number of aromatic hydroxyl groups is 2. The van der Waals surface area contributed by atoms with Gasteiger partial charge in [0, 0.05) is 37.3 Å². The first kappa shape index (κ1) is 37.0. The van der Waals surface area contributed by atoms with Crippen molar-refractivity contribution in [2.45, 2.75) is 51.0 Å². The van der Waals surface area contributed by atoms with Gasteiger partial charge in [0.1, 0.15) is 11.5 Å². The Bertz CT molecular complexity index is 967. The van der Waals surface area contributed by atoms with Crippen LogP contribution in [0.15, 0.2) is 36.4 Å². The van der Waals surface area contributed by atoms with E-state index in [0.717, 1.165) is 38.8 Å². The van der Waals surface area contributed by atoms with Crippen molar-refractivity contribution in [2.24, 2.45) is 11.5 Å². The number of phenols is 2.